The molecule has 1 aliphatic rings. The molecule has 0 aromatic heterocycles. The summed E-state index contributed by atoms with van der Waals surface area (Å²) in [4.78, 5) is 41.0. The van der Waals surface area contributed by atoms with Crippen LogP contribution in [0.5, 0.6) is 0 Å². The monoisotopic (exact) mass is 628 g/mol. The van der Waals surface area contributed by atoms with Crippen molar-refractivity contribution in [1.29, 1.82) is 0 Å². The standard InChI is InChI=1S/C42H48N2O3/c1-3-5-7-9-10-12-16-30-19-21-31(22-20-30)32-23-25-33(26-24-32)42(47)44-37-28-27-36(43-29-15-11-8-6-4-2)38-39(37)41(46)35-18-14-13-17-34(35)40(38)45/h13-14,17-28,43H,3-12,15-16,29H2,1-2H3,(H,44,47). The number of ketones is 2. The average Bonchev–Trinajstić information content (AvgIpc) is 3.11. The second-order valence-electron chi connectivity index (χ2n) is 12.7. The summed E-state index contributed by atoms with van der Waals surface area (Å²) in [5.41, 5.74) is 6.27. The molecule has 4 aromatic carbocycles. The Morgan fingerprint density at radius 2 is 1.06 bits per heavy atom. The van der Waals surface area contributed by atoms with E-state index in [1.807, 2.05) is 12.1 Å². The van der Waals surface area contributed by atoms with Crippen molar-refractivity contribution in [2.45, 2.75) is 90.9 Å². The van der Waals surface area contributed by atoms with Gasteiger partial charge in [-0.15, -0.1) is 0 Å². The first-order valence-corrected chi connectivity index (χ1v) is 17.6. The molecule has 0 saturated heterocycles. The van der Waals surface area contributed by atoms with Gasteiger partial charge >= 0.3 is 0 Å². The molecule has 5 rings (SSSR count). The van der Waals surface area contributed by atoms with Crippen LogP contribution in [0.1, 0.15) is 132 Å². The Balaban J connectivity index is 1.28. The number of fused-ring (bicyclic) bond motifs is 2. The summed E-state index contributed by atoms with van der Waals surface area (Å²) in [5, 5.41) is 6.35. The Morgan fingerprint density at radius 3 is 1.68 bits per heavy atom. The highest BCUT2D eigenvalue weighted by Gasteiger charge is 2.34. The smallest absolute Gasteiger partial charge is 0.255 e. The van der Waals surface area contributed by atoms with E-state index >= 15 is 0 Å². The number of amides is 1. The van der Waals surface area contributed by atoms with Crippen LogP contribution in [-0.2, 0) is 6.42 Å². The molecule has 0 saturated carbocycles. The minimum absolute atomic E-state index is 0.206. The molecule has 1 amide bonds. The molecule has 5 heteroatoms. The number of carbonyl (C=O) groups excluding carboxylic acids is 3. The van der Waals surface area contributed by atoms with E-state index in [1.54, 1.807) is 48.5 Å². The number of aryl methyl sites for hydroxylation is 1. The van der Waals surface area contributed by atoms with Crippen molar-refractivity contribution in [3.63, 3.8) is 0 Å². The van der Waals surface area contributed by atoms with Crippen molar-refractivity contribution >= 4 is 28.8 Å². The molecule has 4 aromatic rings. The highest BCUT2D eigenvalue weighted by molar-refractivity contribution is 6.32. The van der Waals surface area contributed by atoms with Crippen LogP contribution >= 0.6 is 0 Å². The molecule has 47 heavy (non-hydrogen) atoms. The molecule has 0 unspecified atom stereocenters. The van der Waals surface area contributed by atoms with Gasteiger partial charge in [0.1, 0.15) is 0 Å². The lowest BCUT2D eigenvalue weighted by Crippen LogP contribution is -2.25. The summed E-state index contributed by atoms with van der Waals surface area (Å²) in [6.45, 7) is 5.15. The van der Waals surface area contributed by atoms with Crippen molar-refractivity contribution in [2.75, 3.05) is 17.2 Å². The van der Waals surface area contributed by atoms with Crippen LogP contribution in [-0.4, -0.2) is 24.0 Å². The Morgan fingerprint density at radius 1 is 0.553 bits per heavy atom. The molecule has 1 aliphatic carbocycles. The van der Waals surface area contributed by atoms with E-state index in [0.717, 1.165) is 30.4 Å². The van der Waals surface area contributed by atoms with Gasteiger partial charge in [0.15, 0.2) is 11.6 Å². The van der Waals surface area contributed by atoms with Gasteiger partial charge in [0.05, 0.1) is 16.8 Å². The van der Waals surface area contributed by atoms with E-state index < -0.39 is 0 Å². The number of hydrogen-bond acceptors (Lipinski definition) is 4. The van der Waals surface area contributed by atoms with Crippen molar-refractivity contribution in [2.24, 2.45) is 0 Å². The molecule has 0 aliphatic heterocycles. The van der Waals surface area contributed by atoms with Gasteiger partial charge in [-0.05, 0) is 60.2 Å². The number of rotatable bonds is 17. The molecular weight excluding hydrogens is 580 g/mol. The zero-order chi connectivity index (χ0) is 33.0. The molecule has 0 fully saturated rings. The summed E-state index contributed by atoms with van der Waals surface area (Å²) in [7, 11) is 0. The maximum absolute atomic E-state index is 13.8. The first-order valence-electron chi connectivity index (χ1n) is 17.6. The number of benzene rings is 4. The topological polar surface area (TPSA) is 75.3 Å². The Kier molecular flexibility index (Phi) is 12.2. The zero-order valence-electron chi connectivity index (χ0n) is 28.0. The number of anilines is 2. The van der Waals surface area contributed by atoms with E-state index in [1.165, 1.54) is 63.4 Å². The SMILES string of the molecule is CCCCCCCCc1ccc(-c2ccc(C(=O)Nc3ccc(NCCCCCCC)c4c3C(=O)c3ccccc3C4=O)cc2)cc1. The molecule has 244 valence electrons. The predicted octanol–water partition coefficient (Wildman–Crippen LogP) is 10.7. The van der Waals surface area contributed by atoms with Gasteiger partial charge in [0.2, 0.25) is 0 Å². The first-order chi connectivity index (χ1) is 23.0. The summed E-state index contributed by atoms with van der Waals surface area (Å²) < 4.78 is 0. The fourth-order valence-corrected chi connectivity index (χ4v) is 6.41. The highest BCUT2D eigenvalue weighted by atomic mass is 16.2. The Hall–Kier alpha value is -4.51. The third-order valence-corrected chi connectivity index (χ3v) is 9.17. The average molecular weight is 629 g/mol. The Labute approximate surface area is 280 Å². The van der Waals surface area contributed by atoms with Crippen LogP contribution < -0.4 is 10.6 Å². The van der Waals surface area contributed by atoms with Crippen molar-refractivity contribution in [3.8, 4) is 11.1 Å². The minimum atomic E-state index is -0.330. The minimum Gasteiger partial charge on any atom is -0.384 e. The van der Waals surface area contributed by atoms with Crippen LogP contribution in [0.2, 0.25) is 0 Å². The second kappa shape index (κ2) is 16.9. The molecule has 5 nitrogen and oxygen atoms in total. The van der Waals surface area contributed by atoms with Gasteiger partial charge in [0.25, 0.3) is 5.91 Å². The van der Waals surface area contributed by atoms with Gasteiger partial charge < -0.3 is 10.6 Å². The molecule has 0 spiro atoms. The summed E-state index contributed by atoms with van der Waals surface area (Å²) in [6, 6.07) is 26.7. The molecule has 0 heterocycles. The van der Waals surface area contributed by atoms with Crippen LogP contribution in [0.15, 0.2) is 84.9 Å². The largest absolute Gasteiger partial charge is 0.384 e. The van der Waals surface area contributed by atoms with Crippen molar-refractivity contribution in [3.05, 3.63) is 118 Å². The highest BCUT2D eigenvalue weighted by Crippen LogP contribution is 2.37. The molecule has 0 atom stereocenters. The quantitative estimate of drug-likeness (QED) is 0.100. The van der Waals surface area contributed by atoms with E-state index in [2.05, 4.69) is 48.7 Å². The summed E-state index contributed by atoms with van der Waals surface area (Å²) in [6.07, 6.45) is 14.5. The van der Waals surface area contributed by atoms with E-state index in [0.29, 0.717) is 40.2 Å². The number of unbranched alkanes of at least 4 members (excludes halogenated alkanes) is 9. The Bertz CT molecular complexity index is 1670. The van der Waals surface area contributed by atoms with Gasteiger partial charge in [0, 0.05) is 28.9 Å². The number of carbonyl (C=O) groups is 3. The van der Waals surface area contributed by atoms with E-state index in [9.17, 15) is 14.4 Å². The maximum atomic E-state index is 13.8. The summed E-state index contributed by atoms with van der Waals surface area (Å²) >= 11 is 0. The molecule has 0 bridgehead atoms. The zero-order valence-corrected chi connectivity index (χ0v) is 28.0. The van der Waals surface area contributed by atoms with Crippen LogP contribution in [0, 0.1) is 0 Å². The van der Waals surface area contributed by atoms with E-state index in [4.69, 9.17) is 0 Å². The third kappa shape index (κ3) is 8.45. The molecule has 0 radical (unpaired) electrons. The fraction of sp³-hybridized carbons (Fsp3) is 0.357. The van der Waals surface area contributed by atoms with Crippen molar-refractivity contribution in [1.82, 2.24) is 0 Å². The first kappa shape index (κ1) is 33.8. The van der Waals surface area contributed by atoms with Gasteiger partial charge in [-0.1, -0.05) is 132 Å². The maximum Gasteiger partial charge on any atom is 0.255 e. The lowest BCUT2D eigenvalue weighted by atomic mass is 9.82. The fourth-order valence-electron chi connectivity index (χ4n) is 6.41. The normalized spacial score (nSPS) is 12.0. The lowest BCUT2D eigenvalue weighted by molar-refractivity contribution is 0.0979. The van der Waals surface area contributed by atoms with Crippen LogP contribution in [0.3, 0.4) is 0 Å². The van der Waals surface area contributed by atoms with Gasteiger partial charge in [-0.25, -0.2) is 0 Å². The number of nitrogens with one attached hydrogen (secondary N) is 2. The van der Waals surface area contributed by atoms with E-state index in [-0.39, 0.29) is 23.0 Å². The predicted molar refractivity (Wildman–Crippen MR) is 194 cm³/mol. The molecule has 2 N–H and O–H groups in total. The van der Waals surface area contributed by atoms with Crippen molar-refractivity contribution < 1.29 is 14.4 Å². The van der Waals surface area contributed by atoms with Crippen LogP contribution in [0.25, 0.3) is 11.1 Å². The number of hydrogen-bond donors (Lipinski definition) is 2. The van der Waals surface area contributed by atoms with Crippen LogP contribution in [0.4, 0.5) is 11.4 Å². The molecular formula is C42H48N2O3. The van der Waals surface area contributed by atoms with Gasteiger partial charge in [-0.2, -0.15) is 0 Å². The lowest BCUT2D eigenvalue weighted by Gasteiger charge is -2.23. The van der Waals surface area contributed by atoms with Gasteiger partial charge in [-0.3, -0.25) is 14.4 Å². The second-order valence-corrected chi connectivity index (χ2v) is 12.7. The third-order valence-electron chi connectivity index (χ3n) is 9.17. The summed E-state index contributed by atoms with van der Waals surface area (Å²) in [5.74, 6) is -0.793.